The van der Waals surface area contributed by atoms with Crippen LogP contribution in [0.2, 0.25) is 0 Å². The van der Waals surface area contributed by atoms with Crippen molar-refractivity contribution < 1.29 is 23.1 Å². The lowest BCUT2D eigenvalue weighted by Gasteiger charge is -2.31. The Labute approximate surface area is 173 Å². The third kappa shape index (κ3) is 3.87. The maximum absolute atomic E-state index is 14.5. The van der Waals surface area contributed by atoms with E-state index in [4.69, 9.17) is 0 Å². The topological polar surface area (TPSA) is 58.4 Å². The lowest BCUT2D eigenvalue weighted by atomic mass is 10.1. The maximum Gasteiger partial charge on any atom is 0.413 e. The van der Waals surface area contributed by atoms with E-state index in [2.05, 4.69) is 21.0 Å². The zero-order chi connectivity index (χ0) is 21.5. The smallest absolute Gasteiger partial charge is 0.413 e. The molecular formula is C20H17BrF3N3O2. The summed E-state index contributed by atoms with van der Waals surface area (Å²) in [5.41, 5.74) is -0.483. The molecule has 0 atom stereocenters. The number of halogens is 4. The van der Waals surface area contributed by atoms with Gasteiger partial charge in [0.05, 0.1) is 10.2 Å². The molecule has 152 valence electrons. The highest BCUT2D eigenvalue weighted by Gasteiger charge is 2.34. The van der Waals surface area contributed by atoms with Crippen molar-refractivity contribution in [3.8, 4) is 16.9 Å². The Bertz CT molecular complexity index is 1090. The quantitative estimate of drug-likeness (QED) is 0.513. The van der Waals surface area contributed by atoms with E-state index in [1.165, 1.54) is 28.9 Å². The summed E-state index contributed by atoms with van der Waals surface area (Å²) in [4.78, 5) is 12.9. The van der Waals surface area contributed by atoms with E-state index in [0.29, 0.717) is 0 Å². The second-order valence-corrected chi connectivity index (χ2v) is 8.06. The number of hydrogen-bond donors (Lipinski definition) is 1. The average Bonchev–Trinajstić information content (AvgIpc) is 2.93. The van der Waals surface area contributed by atoms with Crippen LogP contribution in [-0.4, -0.2) is 26.5 Å². The van der Waals surface area contributed by atoms with Gasteiger partial charge in [0.25, 0.3) is 0 Å². The number of hydrogen-bond acceptors (Lipinski definition) is 2. The van der Waals surface area contributed by atoms with Gasteiger partial charge in [-0.25, -0.2) is 22.6 Å². The third-order valence-electron chi connectivity index (χ3n) is 4.16. The molecule has 5 nitrogen and oxygen atoms in total. The van der Waals surface area contributed by atoms with Crippen LogP contribution in [0.25, 0.3) is 16.9 Å². The molecule has 0 saturated heterocycles. The molecule has 1 aromatic heterocycles. The maximum atomic E-state index is 14.5. The van der Waals surface area contributed by atoms with Gasteiger partial charge in [-0.3, -0.25) is 4.90 Å². The first kappa shape index (κ1) is 20.9. The Morgan fingerprint density at radius 3 is 2.28 bits per heavy atom. The van der Waals surface area contributed by atoms with Gasteiger partial charge in [0.2, 0.25) is 0 Å². The van der Waals surface area contributed by atoms with Crippen molar-refractivity contribution in [2.45, 2.75) is 26.3 Å². The van der Waals surface area contributed by atoms with Gasteiger partial charge in [-0.15, -0.1) is 5.10 Å². The van der Waals surface area contributed by atoms with Crippen molar-refractivity contribution in [3.63, 3.8) is 0 Å². The third-order valence-corrected chi connectivity index (χ3v) is 4.89. The molecule has 0 radical (unpaired) electrons. The number of para-hydroxylation sites is 1. The normalized spacial score (nSPS) is 11.6. The minimum atomic E-state index is -1.27. The van der Waals surface area contributed by atoms with E-state index in [1.807, 2.05) is 0 Å². The summed E-state index contributed by atoms with van der Waals surface area (Å²) in [6.45, 7) is 5.02. The van der Waals surface area contributed by atoms with E-state index in [0.717, 1.165) is 17.0 Å². The van der Waals surface area contributed by atoms with E-state index in [-0.39, 0.29) is 27.2 Å². The van der Waals surface area contributed by atoms with Crippen molar-refractivity contribution in [1.82, 2.24) is 9.78 Å². The molecule has 0 spiro atoms. The first-order valence-corrected chi connectivity index (χ1v) is 9.33. The summed E-state index contributed by atoms with van der Waals surface area (Å²) < 4.78 is 43.2. The minimum absolute atomic E-state index is 0.00649. The summed E-state index contributed by atoms with van der Waals surface area (Å²) in [6, 6.07) is 8.94. The predicted octanol–water partition coefficient (Wildman–Crippen LogP) is 6.00. The molecule has 0 aliphatic carbocycles. The van der Waals surface area contributed by atoms with Crippen LogP contribution in [0.4, 0.5) is 23.8 Å². The molecule has 9 heteroatoms. The van der Waals surface area contributed by atoms with E-state index >= 15 is 0 Å². The summed E-state index contributed by atoms with van der Waals surface area (Å²) in [7, 11) is 0. The Kier molecular flexibility index (Phi) is 5.44. The number of rotatable bonds is 3. The zero-order valence-corrected chi connectivity index (χ0v) is 17.3. The number of carboxylic acid groups (broad SMARTS) is 1. The molecule has 0 saturated carbocycles. The lowest BCUT2D eigenvalue weighted by Crippen LogP contribution is -2.45. The Morgan fingerprint density at radius 2 is 1.72 bits per heavy atom. The fourth-order valence-electron chi connectivity index (χ4n) is 2.92. The van der Waals surface area contributed by atoms with Crippen molar-refractivity contribution in [1.29, 1.82) is 0 Å². The molecule has 2 aromatic carbocycles. The number of benzene rings is 2. The van der Waals surface area contributed by atoms with Gasteiger partial charge >= 0.3 is 6.09 Å². The van der Waals surface area contributed by atoms with Gasteiger partial charge in [-0.1, -0.05) is 12.1 Å². The molecule has 1 amide bonds. The zero-order valence-electron chi connectivity index (χ0n) is 15.8. The highest BCUT2D eigenvalue weighted by atomic mass is 79.9. The second kappa shape index (κ2) is 7.55. The number of aromatic nitrogens is 2. The van der Waals surface area contributed by atoms with Crippen molar-refractivity contribution in [2.75, 3.05) is 4.90 Å². The van der Waals surface area contributed by atoms with Crippen LogP contribution >= 0.6 is 15.9 Å². The summed E-state index contributed by atoms with van der Waals surface area (Å²) in [5.74, 6) is -2.75. The fraction of sp³-hybridized carbons (Fsp3) is 0.200. The molecule has 0 aliphatic heterocycles. The van der Waals surface area contributed by atoms with Crippen molar-refractivity contribution in [2.24, 2.45) is 0 Å². The molecule has 0 aliphatic rings. The summed E-state index contributed by atoms with van der Waals surface area (Å²) in [6.07, 6.45) is -1.27. The molecule has 0 fully saturated rings. The average molecular weight is 468 g/mol. The van der Waals surface area contributed by atoms with Gasteiger partial charge in [0.15, 0.2) is 17.5 Å². The molecular weight excluding hydrogens is 451 g/mol. The Balaban J connectivity index is 2.36. The minimum Gasteiger partial charge on any atom is -0.465 e. The number of amides is 1. The van der Waals surface area contributed by atoms with E-state index in [1.54, 1.807) is 26.8 Å². The molecule has 1 heterocycles. The monoisotopic (exact) mass is 467 g/mol. The van der Waals surface area contributed by atoms with Gasteiger partial charge in [0, 0.05) is 11.1 Å². The fourth-order valence-corrected chi connectivity index (χ4v) is 3.57. The highest BCUT2D eigenvalue weighted by molar-refractivity contribution is 9.10. The number of carbonyl (C=O) groups is 1. The standard InChI is InChI=1S/C20H17BrF3N3O2/c1-20(2,3)26(19(28)29)18-16(21)17(11-8-9-12(22)14(24)10-11)27(25-18)15-7-5-4-6-13(15)23/h4-10H,1-3H3,(H,28,29). The SMILES string of the molecule is CC(C)(C)N(C(=O)O)c1nn(-c2ccccc2F)c(-c2ccc(F)c(F)c2)c1Br. The largest absolute Gasteiger partial charge is 0.465 e. The summed E-state index contributed by atoms with van der Waals surface area (Å²) >= 11 is 3.34. The highest BCUT2D eigenvalue weighted by Crippen LogP contribution is 2.40. The van der Waals surface area contributed by atoms with Gasteiger partial charge in [-0.2, -0.15) is 0 Å². The van der Waals surface area contributed by atoms with Crippen LogP contribution in [-0.2, 0) is 0 Å². The Morgan fingerprint density at radius 1 is 1.07 bits per heavy atom. The van der Waals surface area contributed by atoms with Crippen LogP contribution in [0.15, 0.2) is 46.9 Å². The van der Waals surface area contributed by atoms with Crippen molar-refractivity contribution in [3.05, 3.63) is 64.4 Å². The van der Waals surface area contributed by atoms with Crippen LogP contribution in [0.5, 0.6) is 0 Å². The van der Waals surface area contributed by atoms with Gasteiger partial charge in [0.1, 0.15) is 11.5 Å². The van der Waals surface area contributed by atoms with Crippen LogP contribution in [0, 0.1) is 17.5 Å². The van der Waals surface area contributed by atoms with Gasteiger partial charge < -0.3 is 5.11 Å². The number of anilines is 1. The van der Waals surface area contributed by atoms with Crippen LogP contribution in [0.3, 0.4) is 0 Å². The first-order valence-electron chi connectivity index (χ1n) is 8.54. The van der Waals surface area contributed by atoms with Crippen LogP contribution < -0.4 is 4.90 Å². The van der Waals surface area contributed by atoms with Crippen molar-refractivity contribution >= 4 is 27.8 Å². The molecule has 3 rings (SSSR count). The Hall–Kier alpha value is -2.81. The lowest BCUT2D eigenvalue weighted by molar-refractivity contribution is 0.195. The molecule has 3 aromatic rings. The molecule has 0 bridgehead atoms. The molecule has 0 unspecified atom stereocenters. The van der Waals surface area contributed by atoms with Crippen LogP contribution in [0.1, 0.15) is 20.8 Å². The first-order chi connectivity index (χ1) is 13.5. The number of nitrogens with zero attached hydrogens (tertiary/aromatic N) is 3. The van der Waals surface area contributed by atoms with Gasteiger partial charge in [-0.05, 0) is 67.0 Å². The predicted molar refractivity (Wildman–Crippen MR) is 107 cm³/mol. The second-order valence-electron chi connectivity index (χ2n) is 7.27. The van der Waals surface area contributed by atoms with E-state index < -0.39 is 29.1 Å². The van der Waals surface area contributed by atoms with E-state index in [9.17, 15) is 23.1 Å². The molecule has 1 N–H and O–H groups in total. The summed E-state index contributed by atoms with van der Waals surface area (Å²) in [5, 5.41) is 14.1. The molecule has 29 heavy (non-hydrogen) atoms.